The first-order valence-corrected chi connectivity index (χ1v) is 9.17. The molecule has 1 saturated heterocycles. The van der Waals surface area contributed by atoms with Gasteiger partial charge < -0.3 is 0 Å². The van der Waals surface area contributed by atoms with Crippen LogP contribution in [0.25, 0.3) is 0 Å². The maximum atomic E-state index is 11.7. The summed E-state index contributed by atoms with van der Waals surface area (Å²) in [4.78, 5) is 8.30. The van der Waals surface area contributed by atoms with Crippen LogP contribution in [0, 0.1) is 5.92 Å². The van der Waals surface area contributed by atoms with Crippen LogP contribution in [0.15, 0.2) is 6.20 Å². The van der Waals surface area contributed by atoms with E-state index in [2.05, 4.69) is 37.6 Å². The predicted octanol–water partition coefficient (Wildman–Crippen LogP) is 2.64. The van der Waals surface area contributed by atoms with Gasteiger partial charge in [0.15, 0.2) is 0 Å². The molecule has 108 valence electrons. The Morgan fingerprint density at radius 3 is 2.89 bits per heavy atom. The molecule has 1 aliphatic rings. The minimum atomic E-state index is -0.634. The lowest BCUT2D eigenvalue weighted by molar-refractivity contribution is 0.256. The van der Waals surface area contributed by atoms with Crippen molar-refractivity contribution in [3.05, 3.63) is 16.1 Å². The number of hydrogen-bond donors (Lipinski definition) is 0. The highest BCUT2D eigenvalue weighted by atomic mass is 32.2. The minimum Gasteiger partial charge on any atom is -0.295 e. The van der Waals surface area contributed by atoms with Crippen LogP contribution in [0.5, 0.6) is 0 Å². The molecule has 3 nitrogen and oxygen atoms in total. The Morgan fingerprint density at radius 2 is 2.26 bits per heavy atom. The lowest BCUT2D eigenvalue weighted by Crippen LogP contribution is -2.28. The molecule has 0 bridgehead atoms. The van der Waals surface area contributed by atoms with E-state index in [0.29, 0.717) is 5.92 Å². The Labute approximate surface area is 122 Å². The summed E-state index contributed by atoms with van der Waals surface area (Å²) in [6, 6.07) is 0. The molecule has 5 heteroatoms. The Hall–Kier alpha value is -0.260. The molecular formula is C14H24N2OS2. The van der Waals surface area contributed by atoms with Crippen molar-refractivity contribution in [2.75, 3.05) is 24.6 Å². The average molecular weight is 300 g/mol. The van der Waals surface area contributed by atoms with E-state index in [4.69, 9.17) is 0 Å². The summed E-state index contributed by atoms with van der Waals surface area (Å²) in [7, 11) is -0.634. The van der Waals surface area contributed by atoms with E-state index in [-0.39, 0.29) is 5.41 Å². The topological polar surface area (TPSA) is 33.2 Å². The largest absolute Gasteiger partial charge is 0.295 e. The van der Waals surface area contributed by atoms with Gasteiger partial charge in [-0.2, -0.15) is 0 Å². The van der Waals surface area contributed by atoms with Gasteiger partial charge in [0.1, 0.15) is 5.01 Å². The second-order valence-electron chi connectivity index (χ2n) is 6.52. The van der Waals surface area contributed by atoms with Crippen LogP contribution in [0.2, 0.25) is 0 Å². The molecule has 0 spiro atoms. The van der Waals surface area contributed by atoms with Crippen molar-refractivity contribution >= 4 is 22.1 Å². The summed E-state index contributed by atoms with van der Waals surface area (Å²) in [5.41, 5.74) is 0.184. The first kappa shape index (κ1) is 15.1. The minimum absolute atomic E-state index is 0.184. The number of aromatic nitrogens is 1. The molecule has 0 unspecified atom stereocenters. The zero-order valence-corrected chi connectivity index (χ0v) is 13.9. The van der Waals surface area contributed by atoms with Gasteiger partial charge in [-0.05, 0) is 11.3 Å². The standard InChI is InChI=1S/C14H24N2OS2/c1-11-8-16(5-6-19(17)10-11)9-13-15-7-12(18-13)14(2,3)4/h7,11H,5-6,8-10H2,1-4H3/t11-,19-/m1/s1. The Kier molecular flexibility index (Phi) is 4.79. The van der Waals surface area contributed by atoms with Crippen LogP contribution in [-0.4, -0.2) is 38.7 Å². The fourth-order valence-electron chi connectivity index (χ4n) is 2.28. The highest BCUT2D eigenvalue weighted by molar-refractivity contribution is 7.85. The first-order chi connectivity index (χ1) is 8.84. The molecule has 1 aromatic heterocycles. The number of nitrogens with zero attached hydrogens (tertiary/aromatic N) is 2. The third-order valence-corrected chi connectivity index (χ3v) is 6.31. The van der Waals surface area contributed by atoms with Crippen molar-refractivity contribution in [2.45, 2.75) is 39.7 Å². The van der Waals surface area contributed by atoms with Crippen molar-refractivity contribution in [2.24, 2.45) is 5.92 Å². The Bertz CT molecular complexity index is 451. The normalized spacial score (nSPS) is 26.3. The molecule has 0 N–H and O–H groups in total. The molecule has 2 atom stereocenters. The van der Waals surface area contributed by atoms with E-state index in [1.54, 1.807) is 0 Å². The van der Waals surface area contributed by atoms with Crippen molar-refractivity contribution in [3.8, 4) is 0 Å². The van der Waals surface area contributed by atoms with Gasteiger partial charge in [0.05, 0.1) is 6.54 Å². The SMILES string of the molecule is C[C@@H]1CN(Cc2ncc(C(C)(C)C)s2)CC[S@@](=O)C1. The van der Waals surface area contributed by atoms with Crippen LogP contribution in [0.1, 0.15) is 37.6 Å². The van der Waals surface area contributed by atoms with Crippen molar-refractivity contribution in [1.82, 2.24) is 9.88 Å². The fraction of sp³-hybridized carbons (Fsp3) is 0.786. The molecular weight excluding hydrogens is 276 g/mol. The summed E-state index contributed by atoms with van der Waals surface area (Å²) in [6.07, 6.45) is 2.01. The molecule has 0 aliphatic carbocycles. The zero-order valence-electron chi connectivity index (χ0n) is 12.3. The molecule has 0 radical (unpaired) electrons. The third kappa shape index (κ3) is 4.36. The number of rotatable bonds is 2. The van der Waals surface area contributed by atoms with Gasteiger partial charge >= 0.3 is 0 Å². The summed E-state index contributed by atoms with van der Waals surface area (Å²) in [6.45, 7) is 11.7. The summed E-state index contributed by atoms with van der Waals surface area (Å²) >= 11 is 1.81. The van der Waals surface area contributed by atoms with E-state index in [1.807, 2.05) is 17.5 Å². The Morgan fingerprint density at radius 1 is 1.53 bits per heavy atom. The zero-order chi connectivity index (χ0) is 14.0. The van der Waals surface area contributed by atoms with Gasteiger partial charge in [0.25, 0.3) is 0 Å². The molecule has 2 rings (SSSR count). The van der Waals surface area contributed by atoms with Gasteiger partial charge in [-0.1, -0.05) is 27.7 Å². The van der Waals surface area contributed by atoms with E-state index in [0.717, 1.165) is 31.1 Å². The maximum Gasteiger partial charge on any atom is 0.107 e. The summed E-state index contributed by atoms with van der Waals surface area (Å²) in [5, 5.41) is 1.19. The first-order valence-electron chi connectivity index (χ1n) is 6.87. The molecule has 1 aromatic rings. The number of thiazole rings is 1. The third-order valence-electron chi connectivity index (χ3n) is 3.33. The van der Waals surface area contributed by atoms with Crippen molar-refractivity contribution in [3.63, 3.8) is 0 Å². The van der Waals surface area contributed by atoms with Crippen LogP contribution < -0.4 is 0 Å². The van der Waals surface area contributed by atoms with Gasteiger partial charge in [0.2, 0.25) is 0 Å². The predicted molar refractivity (Wildman–Crippen MR) is 83.1 cm³/mol. The molecule has 1 fully saturated rings. The highest BCUT2D eigenvalue weighted by Crippen LogP contribution is 2.28. The lowest BCUT2D eigenvalue weighted by atomic mass is 9.96. The summed E-state index contributed by atoms with van der Waals surface area (Å²) < 4.78 is 11.7. The summed E-state index contributed by atoms with van der Waals surface area (Å²) in [5.74, 6) is 2.18. The van der Waals surface area contributed by atoms with E-state index < -0.39 is 10.8 Å². The average Bonchev–Trinajstić information content (AvgIpc) is 2.67. The van der Waals surface area contributed by atoms with E-state index in [1.165, 1.54) is 9.88 Å². The quantitative estimate of drug-likeness (QED) is 0.842. The van der Waals surface area contributed by atoms with E-state index in [9.17, 15) is 4.21 Å². The van der Waals surface area contributed by atoms with Crippen molar-refractivity contribution < 1.29 is 4.21 Å². The lowest BCUT2D eigenvalue weighted by Gasteiger charge is -2.20. The molecule has 2 heterocycles. The van der Waals surface area contributed by atoms with Crippen LogP contribution >= 0.6 is 11.3 Å². The van der Waals surface area contributed by atoms with Gasteiger partial charge in [-0.3, -0.25) is 9.11 Å². The molecule has 0 saturated carbocycles. The fourth-order valence-corrected chi connectivity index (χ4v) is 4.67. The molecule has 1 aliphatic heterocycles. The van der Waals surface area contributed by atoms with Crippen molar-refractivity contribution in [1.29, 1.82) is 0 Å². The molecule has 19 heavy (non-hydrogen) atoms. The smallest absolute Gasteiger partial charge is 0.107 e. The van der Waals surface area contributed by atoms with Crippen LogP contribution in [-0.2, 0) is 22.8 Å². The van der Waals surface area contributed by atoms with Crippen LogP contribution in [0.3, 0.4) is 0 Å². The van der Waals surface area contributed by atoms with Gasteiger partial charge in [-0.25, -0.2) is 4.98 Å². The Balaban J connectivity index is 2.00. The van der Waals surface area contributed by atoms with Gasteiger partial charge in [-0.15, -0.1) is 11.3 Å². The van der Waals surface area contributed by atoms with Crippen LogP contribution in [0.4, 0.5) is 0 Å². The molecule has 0 aromatic carbocycles. The van der Waals surface area contributed by atoms with E-state index >= 15 is 0 Å². The highest BCUT2D eigenvalue weighted by Gasteiger charge is 2.21. The maximum absolute atomic E-state index is 11.7. The molecule has 0 amide bonds. The number of hydrogen-bond acceptors (Lipinski definition) is 4. The monoisotopic (exact) mass is 300 g/mol. The van der Waals surface area contributed by atoms with Gasteiger partial charge in [0, 0.05) is 46.5 Å². The second kappa shape index (κ2) is 6.02. The second-order valence-corrected chi connectivity index (χ2v) is 9.26.